The molecule has 3 N–H and O–H groups in total. The summed E-state index contributed by atoms with van der Waals surface area (Å²) in [6.45, 7) is 5.39. The van der Waals surface area contributed by atoms with E-state index in [1.807, 2.05) is 13.8 Å². The van der Waals surface area contributed by atoms with E-state index in [1.165, 1.54) is 0 Å². The number of carbonyl (C=O) groups excluding carboxylic acids is 1. The largest absolute Gasteiger partial charge is 0.481 e. The Kier molecular flexibility index (Phi) is 5.41. The van der Waals surface area contributed by atoms with Crippen LogP contribution in [-0.4, -0.2) is 36.1 Å². The molecule has 0 aromatic heterocycles. The second-order valence-corrected chi connectivity index (χ2v) is 4.76. The molecule has 3 atom stereocenters. The van der Waals surface area contributed by atoms with Crippen molar-refractivity contribution in [3.63, 3.8) is 0 Å². The molecule has 0 saturated heterocycles. The molecule has 5 nitrogen and oxygen atoms in total. The van der Waals surface area contributed by atoms with Crippen molar-refractivity contribution in [3.8, 4) is 0 Å². The van der Waals surface area contributed by atoms with Gasteiger partial charge < -0.3 is 15.7 Å². The van der Waals surface area contributed by atoms with Gasteiger partial charge in [-0.2, -0.15) is 0 Å². The maximum atomic E-state index is 11.8. The van der Waals surface area contributed by atoms with Crippen LogP contribution in [0.25, 0.3) is 0 Å². The molecule has 1 saturated carbocycles. The van der Waals surface area contributed by atoms with Crippen LogP contribution >= 0.6 is 0 Å². The summed E-state index contributed by atoms with van der Waals surface area (Å²) in [7, 11) is 0. The molecule has 98 valence electrons. The van der Waals surface area contributed by atoms with Crippen LogP contribution in [0.2, 0.25) is 0 Å². The van der Waals surface area contributed by atoms with Gasteiger partial charge in [0.05, 0.1) is 5.92 Å². The topological polar surface area (TPSA) is 78.4 Å². The van der Waals surface area contributed by atoms with Gasteiger partial charge in [-0.25, -0.2) is 0 Å². The summed E-state index contributed by atoms with van der Waals surface area (Å²) in [5.41, 5.74) is 0. The molecule has 0 aromatic rings. The second kappa shape index (κ2) is 6.59. The fraction of sp³-hybridized carbons (Fsp3) is 0.833. The van der Waals surface area contributed by atoms with Gasteiger partial charge in [0.2, 0.25) is 5.91 Å². The summed E-state index contributed by atoms with van der Waals surface area (Å²) in [6.07, 6.45) is 2.01. The second-order valence-electron chi connectivity index (χ2n) is 4.76. The molecule has 1 rings (SSSR count). The molecule has 0 bridgehead atoms. The monoisotopic (exact) mass is 242 g/mol. The van der Waals surface area contributed by atoms with Gasteiger partial charge in [0.15, 0.2) is 0 Å². The molecule has 1 amide bonds. The van der Waals surface area contributed by atoms with Crippen LogP contribution < -0.4 is 10.6 Å². The van der Waals surface area contributed by atoms with E-state index in [-0.39, 0.29) is 23.8 Å². The summed E-state index contributed by atoms with van der Waals surface area (Å²) >= 11 is 0. The molecule has 0 spiro atoms. The zero-order valence-electron chi connectivity index (χ0n) is 10.5. The Hall–Kier alpha value is -1.10. The Morgan fingerprint density at radius 2 is 2.12 bits per heavy atom. The molecular formula is C12H22N2O3. The Morgan fingerprint density at radius 1 is 1.41 bits per heavy atom. The number of rotatable bonds is 6. The normalized spacial score (nSPS) is 25.5. The lowest BCUT2D eigenvalue weighted by Gasteiger charge is -2.17. The van der Waals surface area contributed by atoms with Crippen LogP contribution in [0.5, 0.6) is 0 Å². The highest BCUT2D eigenvalue weighted by molar-refractivity contribution is 5.79. The molecule has 3 unspecified atom stereocenters. The summed E-state index contributed by atoms with van der Waals surface area (Å²) in [4.78, 5) is 22.6. The van der Waals surface area contributed by atoms with Gasteiger partial charge in [-0.05, 0) is 25.8 Å². The Labute approximate surface area is 102 Å². The Morgan fingerprint density at radius 3 is 2.65 bits per heavy atom. The van der Waals surface area contributed by atoms with Crippen molar-refractivity contribution in [3.05, 3.63) is 0 Å². The average Bonchev–Trinajstić information content (AvgIpc) is 2.74. The molecule has 17 heavy (non-hydrogen) atoms. The number of amides is 1. The number of hydrogen-bond acceptors (Lipinski definition) is 3. The first-order valence-electron chi connectivity index (χ1n) is 6.28. The molecule has 0 aliphatic heterocycles. The van der Waals surface area contributed by atoms with E-state index in [0.29, 0.717) is 19.4 Å². The SMILES string of the molecule is CCNCC(C)C(=O)NC1CCC(C(=O)O)C1. The van der Waals surface area contributed by atoms with Crippen molar-refractivity contribution >= 4 is 11.9 Å². The standard InChI is InChI=1S/C12H22N2O3/c1-3-13-7-8(2)11(15)14-10-5-4-9(6-10)12(16)17/h8-10,13H,3-7H2,1-2H3,(H,14,15)(H,16,17). The summed E-state index contributed by atoms with van der Waals surface area (Å²) in [6, 6.07) is 0.0349. The van der Waals surface area contributed by atoms with Crippen LogP contribution in [0.15, 0.2) is 0 Å². The fourth-order valence-electron chi connectivity index (χ4n) is 2.13. The van der Waals surface area contributed by atoms with Crippen LogP contribution in [0.4, 0.5) is 0 Å². The van der Waals surface area contributed by atoms with Gasteiger partial charge in [-0.15, -0.1) is 0 Å². The first-order valence-corrected chi connectivity index (χ1v) is 6.28. The lowest BCUT2D eigenvalue weighted by atomic mass is 10.1. The van der Waals surface area contributed by atoms with Gasteiger partial charge >= 0.3 is 5.97 Å². The van der Waals surface area contributed by atoms with Crippen LogP contribution in [0.1, 0.15) is 33.1 Å². The minimum Gasteiger partial charge on any atom is -0.481 e. The molecule has 1 aliphatic carbocycles. The number of carboxylic acids is 1. The molecule has 1 fully saturated rings. The number of aliphatic carboxylic acids is 1. The molecule has 0 aromatic carbocycles. The van der Waals surface area contributed by atoms with E-state index in [4.69, 9.17) is 5.11 Å². The minimum atomic E-state index is -0.748. The van der Waals surface area contributed by atoms with E-state index in [1.54, 1.807) is 0 Å². The molecule has 5 heteroatoms. The van der Waals surface area contributed by atoms with E-state index in [2.05, 4.69) is 10.6 Å². The highest BCUT2D eigenvalue weighted by Gasteiger charge is 2.31. The zero-order valence-corrected chi connectivity index (χ0v) is 10.5. The Bertz CT molecular complexity index is 281. The predicted octanol–water partition coefficient (Wildman–Crippen LogP) is 0.601. The summed E-state index contributed by atoms with van der Waals surface area (Å²) in [5, 5.41) is 14.9. The van der Waals surface area contributed by atoms with Gasteiger partial charge in [-0.1, -0.05) is 13.8 Å². The van der Waals surface area contributed by atoms with Gasteiger partial charge in [0, 0.05) is 18.5 Å². The maximum absolute atomic E-state index is 11.8. The first kappa shape index (κ1) is 14.0. The molecule has 0 radical (unpaired) electrons. The van der Waals surface area contributed by atoms with E-state index in [9.17, 15) is 9.59 Å². The first-order chi connectivity index (χ1) is 8.04. The lowest BCUT2D eigenvalue weighted by Crippen LogP contribution is -2.40. The van der Waals surface area contributed by atoms with Crippen molar-refractivity contribution in [2.45, 2.75) is 39.2 Å². The van der Waals surface area contributed by atoms with E-state index < -0.39 is 5.97 Å². The minimum absolute atomic E-state index is 0.0157. The van der Waals surface area contributed by atoms with E-state index in [0.717, 1.165) is 13.0 Å². The van der Waals surface area contributed by atoms with Crippen LogP contribution in [0, 0.1) is 11.8 Å². The maximum Gasteiger partial charge on any atom is 0.306 e. The third-order valence-corrected chi connectivity index (χ3v) is 3.28. The Balaban J connectivity index is 2.30. The van der Waals surface area contributed by atoms with Crippen molar-refractivity contribution in [1.29, 1.82) is 0 Å². The van der Waals surface area contributed by atoms with Crippen LogP contribution in [0.3, 0.4) is 0 Å². The van der Waals surface area contributed by atoms with Crippen molar-refractivity contribution in [2.75, 3.05) is 13.1 Å². The predicted molar refractivity (Wildman–Crippen MR) is 64.6 cm³/mol. The van der Waals surface area contributed by atoms with Gasteiger partial charge in [0.1, 0.15) is 0 Å². The van der Waals surface area contributed by atoms with Crippen molar-refractivity contribution in [1.82, 2.24) is 10.6 Å². The third-order valence-electron chi connectivity index (χ3n) is 3.28. The highest BCUT2D eigenvalue weighted by atomic mass is 16.4. The fourth-order valence-corrected chi connectivity index (χ4v) is 2.13. The molecular weight excluding hydrogens is 220 g/mol. The summed E-state index contributed by atoms with van der Waals surface area (Å²) < 4.78 is 0. The number of carboxylic acid groups (broad SMARTS) is 1. The van der Waals surface area contributed by atoms with E-state index >= 15 is 0 Å². The zero-order chi connectivity index (χ0) is 12.8. The third kappa shape index (κ3) is 4.34. The number of hydrogen-bond donors (Lipinski definition) is 3. The van der Waals surface area contributed by atoms with Gasteiger partial charge in [0.25, 0.3) is 0 Å². The smallest absolute Gasteiger partial charge is 0.306 e. The summed E-state index contributed by atoms with van der Waals surface area (Å²) in [5.74, 6) is -1.09. The quantitative estimate of drug-likeness (QED) is 0.637. The van der Waals surface area contributed by atoms with Crippen molar-refractivity contribution in [2.24, 2.45) is 11.8 Å². The number of carbonyl (C=O) groups is 2. The number of nitrogens with one attached hydrogen (secondary N) is 2. The average molecular weight is 242 g/mol. The van der Waals surface area contributed by atoms with Gasteiger partial charge in [-0.3, -0.25) is 9.59 Å². The molecule has 1 aliphatic rings. The van der Waals surface area contributed by atoms with Crippen molar-refractivity contribution < 1.29 is 14.7 Å². The van der Waals surface area contributed by atoms with Crippen LogP contribution in [-0.2, 0) is 9.59 Å². The molecule has 0 heterocycles. The lowest BCUT2D eigenvalue weighted by molar-refractivity contribution is -0.141. The highest BCUT2D eigenvalue weighted by Crippen LogP contribution is 2.25.